The third-order valence-corrected chi connectivity index (χ3v) is 5.41. The maximum Gasteiger partial charge on any atom is 0.150 e. The molecule has 0 aromatic heterocycles. The van der Waals surface area contributed by atoms with E-state index in [-0.39, 0.29) is 11.5 Å². The lowest BCUT2D eigenvalue weighted by Crippen LogP contribution is -2.43. The summed E-state index contributed by atoms with van der Waals surface area (Å²) in [6.07, 6.45) is 0.534. The number of anilines is 1. The van der Waals surface area contributed by atoms with Crippen molar-refractivity contribution in [1.82, 2.24) is 5.32 Å². The molecule has 1 fully saturated rings. The number of benzene rings is 1. The second-order valence-corrected chi connectivity index (χ2v) is 7.62. The van der Waals surface area contributed by atoms with Crippen LogP contribution in [0.5, 0.6) is 5.75 Å². The van der Waals surface area contributed by atoms with E-state index in [9.17, 15) is 8.42 Å². The van der Waals surface area contributed by atoms with E-state index in [4.69, 9.17) is 4.74 Å². The van der Waals surface area contributed by atoms with Crippen molar-refractivity contribution < 1.29 is 13.2 Å². The Kier molecular flexibility index (Phi) is 5.87. The Labute approximate surface area is 127 Å². The summed E-state index contributed by atoms with van der Waals surface area (Å²) in [7, 11) is -2.90. The second kappa shape index (κ2) is 7.66. The highest BCUT2D eigenvalue weighted by Crippen LogP contribution is 2.28. The fourth-order valence-corrected chi connectivity index (χ4v) is 3.20. The molecule has 0 saturated carbocycles. The van der Waals surface area contributed by atoms with Crippen LogP contribution in [0.2, 0.25) is 0 Å². The third kappa shape index (κ3) is 4.89. The van der Waals surface area contributed by atoms with Crippen molar-refractivity contribution in [2.75, 3.05) is 49.2 Å². The van der Waals surface area contributed by atoms with E-state index in [0.717, 1.165) is 37.6 Å². The molecule has 0 unspecified atom stereocenters. The molecule has 0 atom stereocenters. The molecule has 1 aliphatic rings. The van der Waals surface area contributed by atoms with E-state index >= 15 is 0 Å². The van der Waals surface area contributed by atoms with E-state index in [1.807, 2.05) is 18.2 Å². The quantitative estimate of drug-likeness (QED) is 0.769. The van der Waals surface area contributed by atoms with Crippen LogP contribution in [0.3, 0.4) is 0 Å². The summed E-state index contributed by atoms with van der Waals surface area (Å²) in [4.78, 5) is 2.30. The van der Waals surface area contributed by atoms with Crippen molar-refractivity contribution in [2.45, 2.75) is 13.3 Å². The van der Waals surface area contributed by atoms with Crippen LogP contribution in [-0.4, -0.2) is 52.7 Å². The Morgan fingerprint density at radius 3 is 2.67 bits per heavy atom. The molecule has 0 aliphatic carbocycles. The minimum atomic E-state index is -2.90. The average Bonchev–Trinajstić information content (AvgIpc) is 2.53. The van der Waals surface area contributed by atoms with Crippen molar-refractivity contribution in [3.63, 3.8) is 0 Å². The lowest BCUT2D eigenvalue weighted by molar-refractivity contribution is 0.317. The Balaban J connectivity index is 1.91. The molecule has 1 saturated heterocycles. The SMILES string of the molecule is CCS(=O)(=O)CCCOc1ccccc1N1CCNCC1. The molecule has 0 amide bonds. The monoisotopic (exact) mass is 312 g/mol. The molecule has 2 rings (SSSR count). The molecule has 5 nitrogen and oxygen atoms in total. The predicted octanol–water partition coefficient (Wildman–Crippen LogP) is 1.30. The molecule has 6 heteroatoms. The van der Waals surface area contributed by atoms with Crippen LogP contribution >= 0.6 is 0 Å². The highest BCUT2D eigenvalue weighted by molar-refractivity contribution is 7.91. The number of hydrogen-bond donors (Lipinski definition) is 1. The van der Waals surface area contributed by atoms with Gasteiger partial charge in [0.05, 0.1) is 18.0 Å². The van der Waals surface area contributed by atoms with Gasteiger partial charge < -0.3 is 15.0 Å². The van der Waals surface area contributed by atoms with Gasteiger partial charge in [0.15, 0.2) is 0 Å². The fraction of sp³-hybridized carbons (Fsp3) is 0.600. The van der Waals surface area contributed by atoms with Crippen LogP contribution in [0.4, 0.5) is 5.69 Å². The number of ether oxygens (including phenoxy) is 1. The van der Waals surface area contributed by atoms with Crippen LogP contribution in [0.15, 0.2) is 24.3 Å². The molecule has 0 spiro atoms. The van der Waals surface area contributed by atoms with Crippen molar-refractivity contribution in [3.05, 3.63) is 24.3 Å². The molecule has 1 aliphatic heterocycles. The summed E-state index contributed by atoms with van der Waals surface area (Å²) in [6, 6.07) is 7.96. The maximum absolute atomic E-state index is 11.5. The second-order valence-electron chi connectivity index (χ2n) is 5.14. The normalized spacial score (nSPS) is 16.0. The number of para-hydroxylation sites is 2. The number of nitrogens with one attached hydrogen (secondary N) is 1. The number of rotatable bonds is 7. The minimum Gasteiger partial charge on any atom is -0.491 e. The van der Waals surface area contributed by atoms with Crippen molar-refractivity contribution in [2.24, 2.45) is 0 Å². The standard InChI is InChI=1S/C15H24N2O3S/c1-2-21(18,19)13-5-12-20-15-7-4-3-6-14(15)17-10-8-16-9-11-17/h3-4,6-7,16H,2,5,8-13H2,1H3. The van der Waals surface area contributed by atoms with Crippen LogP contribution in [-0.2, 0) is 9.84 Å². The van der Waals surface area contributed by atoms with Gasteiger partial charge in [0, 0.05) is 31.9 Å². The van der Waals surface area contributed by atoms with Crippen molar-refractivity contribution >= 4 is 15.5 Å². The van der Waals surface area contributed by atoms with Gasteiger partial charge in [-0.3, -0.25) is 0 Å². The van der Waals surface area contributed by atoms with Gasteiger partial charge in [-0.25, -0.2) is 8.42 Å². The smallest absolute Gasteiger partial charge is 0.150 e. The Bertz CT molecular complexity index is 540. The number of sulfone groups is 1. The fourth-order valence-electron chi connectivity index (χ4n) is 2.35. The zero-order chi connectivity index (χ0) is 15.1. The molecule has 1 N–H and O–H groups in total. The zero-order valence-electron chi connectivity index (χ0n) is 12.5. The van der Waals surface area contributed by atoms with Crippen LogP contribution in [0, 0.1) is 0 Å². The Morgan fingerprint density at radius 2 is 1.95 bits per heavy atom. The number of hydrogen-bond acceptors (Lipinski definition) is 5. The first kappa shape index (κ1) is 16.1. The minimum absolute atomic E-state index is 0.194. The summed E-state index contributed by atoms with van der Waals surface area (Å²) in [5.74, 6) is 1.23. The Morgan fingerprint density at radius 1 is 1.24 bits per heavy atom. The first-order valence-corrected chi connectivity index (χ1v) is 9.32. The van der Waals surface area contributed by atoms with Gasteiger partial charge in [0.25, 0.3) is 0 Å². The predicted molar refractivity (Wildman–Crippen MR) is 86.0 cm³/mol. The molecule has 1 aromatic carbocycles. The van der Waals surface area contributed by atoms with Crippen LogP contribution in [0.1, 0.15) is 13.3 Å². The van der Waals surface area contributed by atoms with Gasteiger partial charge in [0.2, 0.25) is 0 Å². The van der Waals surface area contributed by atoms with Crippen LogP contribution in [0.25, 0.3) is 0 Å². The summed E-state index contributed by atoms with van der Waals surface area (Å²) in [5, 5.41) is 3.33. The molecular formula is C15H24N2O3S. The first-order valence-electron chi connectivity index (χ1n) is 7.50. The van der Waals surface area contributed by atoms with Crippen molar-refractivity contribution in [1.29, 1.82) is 0 Å². The van der Waals surface area contributed by atoms with Gasteiger partial charge in [-0.05, 0) is 18.6 Å². The molecule has 1 heterocycles. The summed E-state index contributed by atoms with van der Waals surface area (Å²) < 4.78 is 28.7. The van der Waals surface area contributed by atoms with E-state index in [1.54, 1.807) is 6.92 Å². The van der Waals surface area contributed by atoms with E-state index in [2.05, 4.69) is 16.3 Å². The summed E-state index contributed by atoms with van der Waals surface area (Å²) in [5.41, 5.74) is 1.09. The lowest BCUT2D eigenvalue weighted by atomic mass is 10.2. The molecule has 1 aromatic rings. The third-order valence-electron chi connectivity index (χ3n) is 3.62. The van der Waals surface area contributed by atoms with Crippen LogP contribution < -0.4 is 15.0 Å². The highest BCUT2D eigenvalue weighted by Gasteiger charge is 2.14. The maximum atomic E-state index is 11.5. The van der Waals surface area contributed by atoms with E-state index in [1.165, 1.54) is 0 Å². The number of nitrogens with zero attached hydrogens (tertiary/aromatic N) is 1. The molecule has 0 bridgehead atoms. The zero-order valence-corrected chi connectivity index (χ0v) is 13.4. The van der Waals surface area contributed by atoms with Crippen molar-refractivity contribution in [3.8, 4) is 5.75 Å². The largest absolute Gasteiger partial charge is 0.491 e. The Hall–Kier alpha value is -1.27. The summed E-state index contributed by atoms with van der Waals surface area (Å²) in [6.45, 7) is 5.99. The van der Waals surface area contributed by atoms with Gasteiger partial charge >= 0.3 is 0 Å². The van der Waals surface area contributed by atoms with Gasteiger partial charge in [0.1, 0.15) is 15.6 Å². The van der Waals surface area contributed by atoms with E-state index < -0.39 is 9.84 Å². The van der Waals surface area contributed by atoms with Gasteiger partial charge in [-0.1, -0.05) is 19.1 Å². The van der Waals surface area contributed by atoms with E-state index in [0.29, 0.717) is 13.0 Å². The summed E-state index contributed by atoms with van der Waals surface area (Å²) >= 11 is 0. The lowest BCUT2D eigenvalue weighted by Gasteiger charge is -2.30. The molecular weight excluding hydrogens is 288 g/mol. The topological polar surface area (TPSA) is 58.6 Å². The van der Waals surface area contributed by atoms with Gasteiger partial charge in [-0.2, -0.15) is 0 Å². The average molecular weight is 312 g/mol. The highest BCUT2D eigenvalue weighted by atomic mass is 32.2. The van der Waals surface area contributed by atoms with Gasteiger partial charge in [-0.15, -0.1) is 0 Å². The number of piperazine rings is 1. The molecule has 21 heavy (non-hydrogen) atoms. The molecule has 0 radical (unpaired) electrons. The first-order chi connectivity index (χ1) is 10.1. The molecule has 118 valence electrons.